The van der Waals surface area contributed by atoms with Gasteiger partial charge in [-0.05, 0) is 269 Å². The van der Waals surface area contributed by atoms with Gasteiger partial charge in [0.05, 0.1) is 39.1 Å². The fourth-order valence-electron chi connectivity index (χ4n) is 21.1. The number of nitrogens with zero attached hydrogens (tertiary/aromatic N) is 6. The van der Waals surface area contributed by atoms with Crippen LogP contribution in [0.2, 0.25) is 0 Å². The van der Waals surface area contributed by atoms with Gasteiger partial charge in [0.25, 0.3) is 0 Å². The van der Waals surface area contributed by atoms with Crippen LogP contribution >= 0.6 is 0 Å². The Bertz CT molecular complexity index is 7280. The molecular weight excluding hydrogens is 1630 g/mol. The van der Waals surface area contributed by atoms with Crippen LogP contribution in [0.25, 0.3) is 134 Å². The number of nitriles is 3. The molecule has 18 aromatic carbocycles. The van der Waals surface area contributed by atoms with Gasteiger partial charge in [-0.2, -0.15) is 15.8 Å². The third-order valence-electron chi connectivity index (χ3n) is 27.2. The third kappa shape index (κ3) is 14.9. The molecule has 630 valence electrons. The van der Waals surface area contributed by atoms with Gasteiger partial charge < -0.3 is 0 Å². The van der Waals surface area contributed by atoms with E-state index < -0.39 is 16.2 Å². The maximum absolute atomic E-state index is 9.43. The predicted molar refractivity (Wildman–Crippen MR) is 548 cm³/mol. The van der Waals surface area contributed by atoms with Crippen molar-refractivity contribution in [1.82, 2.24) is 15.0 Å². The first-order chi connectivity index (χ1) is 66.8. The van der Waals surface area contributed by atoms with Crippen LogP contribution in [-0.4, -0.2) is 15.0 Å². The van der Waals surface area contributed by atoms with Crippen molar-refractivity contribution in [2.45, 2.75) is 16.2 Å². The van der Waals surface area contributed by atoms with Crippen molar-refractivity contribution in [3.05, 3.63) is 594 Å². The maximum atomic E-state index is 9.43. The van der Waals surface area contributed by atoms with Crippen LogP contribution in [-0.2, 0) is 16.2 Å². The Morgan fingerprint density at radius 1 is 0.170 bits per heavy atom. The van der Waals surface area contributed by atoms with Crippen LogP contribution < -0.4 is 0 Å². The highest BCUT2D eigenvalue weighted by Gasteiger charge is 2.50. The summed E-state index contributed by atoms with van der Waals surface area (Å²) < 4.78 is 0. The van der Waals surface area contributed by atoms with Crippen LogP contribution in [0.1, 0.15) is 83.6 Å². The molecule has 21 aromatic rings. The second kappa shape index (κ2) is 35.7. The summed E-state index contributed by atoms with van der Waals surface area (Å²) in [6, 6.07) is 180. The summed E-state index contributed by atoms with van der Waals surface area (Å²) in [5.41, 5.74) is 42.7. The van der Waals surface area contributed by atoms with Crippen LogP contribution in [0.15, 0.2) is 510 Å². The lowest BCUT2D eigenvalue weighted by molar-refractivity contribution is 0.768. The summed E-state index contributed by atoms with van der Waals surface area (Å²) in [6.07, 6.45) is 6.81. The van der Waals surface area contributed by atoms with E-state index in [0.29, 0.717) is 16.8 Å². The average molecular weight is 1720 g/mol. The van der Waals surface area contributed by atoms with E-state index in [-0.39, 0.29) is 0 Å². The summed E-state index contributed by atoms with van der Waals surface area (Å²) in [5, 5.41) is 28.3. The van der Waals surface area contributed by atoms with Crippen molar-refractivity contribution in [3.63, 3.8) is 0 Å². The molecule has 0 amide bonds. The minimum atomic E-state index is -0.454. The molecule has 0 aliphatic heterocycles. The number of rotatable bonds is 15. The van der Waals surface area contributed by atoms with Crippen molar-refractivity contribution < 1.29 is 0 Å². The molecule has 3 aromatic heterocycles. The molecule has 0 atom stereocenters. The molecule has 24 rings (SSSR count). The summed E-state index contributed by atoms with van der Waals surface area (Å²) in [7, 11) is 0. The van der Waals surface area contributed by atoms with Crippen LogP contribution in [0.4, 0.5) is 0 Å². The van der Waals surface area contributed by atoms with Crippen molar-refractivity contribution in [1.29, 1.82) is 15.8 Å². The Hall–Kier alpha value is -18.1. The van der Waals surface area contributed by atoms with Crippen LogP contribution in [0, 0.1) is 34.0 Å². The van der Waals surface area contributed by atoms with Gasteiger partial charge in [0.2, 0.25) is 0 Å². The SMILES string of the molecule is N#Cc1cc(-c2cccc(-c3ccc4c(c3)-c3cc(-c5ccccc5)ccc3C4(c3ccccc3)c3ccccc3)c2)ccn1.N#Cc1ccnc(-c2cccc(-c3ccc4c(c3)-c3cc(-c5ccccc5)ccc3C4(c3ccccc3)c3ccccc3)c2)c1.N#Cc1cncc(-c2cccc(-c3ccc4c(c3)-c3cc(-c5ccccc5)ccc3C4(c3ccccc3)c3ccccc3)c2)c1. The summed E-state index contributed by atoms with van der Waals surface area (Å²) >= 11 is 0. The van der Waals surface area contributed by atoms with E-state index in [9.17, 15) is 15.8 Å². The predicted octanol–water partition coefficient (Wildman–Crippen LogP) is 31.0. The number of pyridine rings is 3. The zero-order valence-electron chi connectivity index (χ0n) is 73.7. The number of hydrogen-bond acceptors (Lipinski definition) is 6. The summed E-state index contributed by atoms with van der Waals surface area (Å²) in [6.45, 7) is 0. The molecule has 0 bridgehead atoms. The molecule has 0 spiro atoms. The van der Waals surface area contributed by atoms with Crippen molar-refractivity contribution in [2.24, 2.45) is 0 Å². The van der Waals surface area contributed by atoms with Crippen LogP contribution in [0.5, 0.6) is 0 Å². The first-order valence-electron chi connectivity index (χ1n) is 45.5. The maximum Gasteiger partial charge on any atom is 0.141 e. The Morgan fingerprint density at radius 2 is 0.422 bits per heavy atom. The molecule has 6 heteroatoms. The number of benzene rings is 18. The second-order valence-corrected chi connectivity index (χ2v) is 34.5. The minimum absolute atomic E-state index is 0.416. The molecule has 6 nitrogen and oxygen atoms in total. The molecular formula is C129H84N6. The van der Waals surface area contributed by atoms with Crippen molar-refractivity contribution in [2.75, 3.05) is 0 Å². The molecule has 3 aliphatic rings. The first kappa shape index (κ1) is 82.6. The largest absolute Gasteiger partial charge is 0.263 e. The fourth-order valence-corrected chi connectivity index (χ4v) is 21.1. The van der Waals surface area contributed by atoms with E-state index in [1.807, 2.05) is 30.5 Å². The molecule has 0 radical (unpaired) electrons. The molecule has 0 N–H and O–H groups in total. The van der Waals surface area contributed by atoms with E-state index >= 15 is 0 Å². The topological polar surface area (TPSA) is 110 Å². The second-order valence-electron chi connectivity index (χ2n) is 34.5. The summed E-state index contributed by atoms with van der Waals surface area (Å²) in [4.78, 5) is 13.0. The normalized spacial score (nSPS) is 12.6. The molecule has 0 saturated heterocycles. The summed E-state index contributed by atoms with van der Waals surface area (Å²) in [5.74, 6) is 0. The molecule has 135 heavy (non-hydrogen) atoms. The van der Waals surface area contributed by atoms with Crippen molar-refractivity contribution in [3.8, 4) is 152 Å². The highest BCUT2D eigenvalue weighted by Crippen LogP contribution is 2.61. The number of aromatic nitrogens is 3. The Balaban J connectivity index is 0.000000118. The monoisotopic (exact) mass is 1720 g/mol. The molecule has 3 heterocycles. The van der Waals surface area contributed by atoms with Crippen molar-refractivity contribution >= 4 is 0 Å². The lowest BCUT2D eigenvalue weighted by Gasteiger charge is -2.34. The van der Waals surface area contributed by atoms with E-state index in [1.54, 1.807) is 24.7 Å². The zero-order chi connectivity index (χ0) is 90.7. The fraction of sp³-hybridized carbons (Fsp3) is 0.0233. The highest BCUT2D eigenvalue weighted by atomic mass is 14.7. The smallest absolute Gasteiger partial charge is 0.141 e. The average Bonchev–Trinajstić information content (AvgIpc) is 1.55. The van der Waals surface area contributed by atoms with Gasteiger partial charge in [-0.3, -0.25) is 9.97 Å². The van der Waals surface area contributed by atoms with Gasteiger partial charge in [0.15, 0.2) is 0 Å². The number of hydrogen-bond donors (Lipinski definition) is 0. The quantitative estimate of drug-likeness (QED) is 0.101. The number of fused-ring (bicyclic) bond motifs is 9. The zero-order valence-corrected chi connectivity index (χ0v) is 73.7. The lowest BCUT2D eigenvalue weighted by Crippen LogP contribution is -2.28. The lowest BCUT2D eigenvalue weighted by atomic mass is 9.67. The molecule has 0 saturated carbocycles. The van der Waals surface area contributed by atoms with Gasteiger partial charge in [-0.25, -0.2) is 4.98 Å². The molecule has 0 fully saturated rings. The van der Waals surface area contributed by atoms with E-state index in [4.69, 9.17) is 0 Å². The molecule has 0 unspecified atom stereocenters. The van der Waals surface area contributed by atoms with Gasteiger partial charge in [0.1, 0.15) is 17.8 Å². The van der Waals surface area contributed by atoms with E-state index in [2.05, 4.69) is 488 Å². The van der Waals surface area contributed by atoms with Gasteiger partial charge in [-0.15, -0.1) is 0 Å². The van der Waals surface area contributed by atoms with E-state index in [0.717, 1.165) is 66.9 Å². The Morgan fingerprint density at radius 3 is 0.726 bits per heavy atom. The third-order valence-corrected chi connectivity index (χ3v) is 27.2. The Labute approximate surface area is 787 Å². The van der Waals surface area contributed by atoms with E-state index in [1.165, 1.54) is 134 Å². The van der Waals surface area contributed by atoms with Gasteiger partial charge in [0, 0.05) is 35.9 Å². The standard InChI is InChI=1S/3C43H28N2/c44-27-30-23-36(29-45-28-30)33-14-10-13-32(24-33)35-20-22-42-40(26-35)39-25-34(31-11-4-1-5-12-31)19-21-41(39)43(42,37-15-6-2-7-16-37)38-17-8-3-9-18-38;44-29-30-23-24-45-42(25-30)35-14-10-13-32(26-35)34-20-22-41-39(28-34)38-27-33(31-11-4-1-5-12-31)19-21-40(38)43(41,36-15-6-2-7-16-36)37-17-8-3-9-18-37;44-29-38-26-35(23-24-45-38)32-14-10-13-31(25-32)34-20-22-42-40(28-34)39-27-33(30-11-4-1-5-12-30)19-21-41(39)43(42,36-15-6-2-7-16-36)37-17-8-3-9-18-37/h1-26,28-29H;2*1-28H. The highest BCUT2D eigenvalue weighted by molar-refractivity contribution is 5.96. The van der Waals surface area contributed by atoms with Gasteiger partial charge in [-0.1, -0.05) is 400 Å². The first-order valence-corrected chi connectivity index (χ1v) is 45.5. The van der Waals surface area contributed by atoms with Gasteiger partial charge >= 0.3 is 0 Å². The minimum Gasteiger partial charge on any atom is -0.263 e. The van der Waals surface area contributed by atoms with Crippen LogP contribution in [0.3, 0.4) is 0 Å². The Kier molecular flexibility index (Phi) is 21.9. The molecule has 3 aliphatic carbocycles.